The number of nitro benzene ring substituents is 1. The Kier molecular flexibility index (Phi) is 8.52. The summed E-state index contributed by atoms with van der Waals surface area (Å²) in [7, 11) is 0. The lowest BCUT2D eigenvalue weighted by Gasteiger charge is -2.37. The van der Waals surface area contributed by atoms with E-state index in [1.807, 2.05) is 18.2 Å². The average Bonchev–Trinajstić information content (AvgIpc) is 2.69. The normalized spacial score (nSPS) is 15.5. The smallest absolute Gasteiger partial charge is 0.310 e. The van der Waals surface area contributed by atoms with Gasteiger partial charge in [-0.25, -0.2) is 0 Å². The summed E-state index contributed by atoms with van der Waals surface area (Å²) in [6.07, 6.45) is -0.723. The molecule has 0 aromatic heterocycles. The van der Waals surface area contributed by atoms with Gasteiger partial charge in [-0.15, -0.1) is 12.4 Å². The lowest BCUT2D eigenvalue weighted by molar-refractivity contribution is -0.385. The zero-order valence-corrected chi connectivity index (χ0v) is 17.7. The second kappa shape index (κ2) is 10.6. The molecular weight excluding hydrogens is 417 g/mol. The number of halogens is 2. The maximum absolute atomic E-state index is 11.0. The van der Waals surface area contributed by atoms with E-state index in [1.165, 1.54) is 17.7 Å². The van der Waals surface area contributed by atoms with Gasteiger partial charge in [0, 0.05) is 49.5 Å². The molecule has 1 fully saturated rings. The van der Waals surface area contributed by atoms with Crippen molar-refractivity contribution < 1.29 is 14.8 Å². The largest absolute Gasteiger partial charge is 0.484 e. The number of para-hydroxylation sites is 2. The van der Waals surface area contributed by atoms with Crippen LogP contribution in [0.5, 0.6) is 5.75 Å². The molecule has 1 N–H and O–H groups in total. The van der Waals surface area contributed by atoms with Crippen molar-refractivity contribution in [2.75, 3.05) is 44.2 Å². The van der Waals surface area contributed by atoms with Crippen molar-refractivity contribution in [3.05, 3.63) is 63.2 Å². The van der Waals surface area contributed by atoms with Crippen LogP contribution in [0.25, 0.3) is 0 Å². The summed E-state index contributed by atoms with van der Waals surface area (Å²) in [5, 5.41) is 22.0. The molecule has 1 aliphatic heterocycles. The first-order valence-corrected chi connectivity index (χ1v) is 9.59. The number of rotatable bonds is 7. The Bertz CT molecular complexity index is 829. The molecule has 9 heteroatoms. The number of hydrogen-bond acceptors (Lipinski definition) is 6. The fraction of sp³-hybridized carbons (Fsp3) is 0.400. The number of aliphatic hydroxyl groups excluding tert-OH is 1. The van der Waals surface area contributed by atoms with E-state index < -0.39 is 11.0 Å². The van der Waals surface area contributed by atoms with Gasteiger partial charge >= 0.3 is 5.69 Å². The van der Waals surface area contributed by atoms with Crippen molar-refractivity contribution in [1.29, 1.82) is 0 Å². The van der Waals surface area contributed by atoms with Crippen LogP contribution in [0.2, 0.25) is 5.02 Å². The van der Waals surface area contributed by atoms with Crippen LogP contribution in [0.15, 0.2) is 42.5 Å². The summed E-state index contributed by atoms with van der Waals surface area (Å²) < 4.78 is 5.48. The second-order valence-electron chi connectivity index (χ2n) is 6.91. The van der Waals surface area contributed by atoms with Gasteiger partial charge in [-0.2, -0.15) is 0 Å². The number of hydrogen-bond donors (Lipinski definition) is 1. The third kappa shape index (κ3) is 6.21. The molecule has 158 valence electrons. The molecule has 3 rings (SSSR count). The highest BCUT2D eigenvalue weighted by Gasteiger charge is 2.22. The molecule has 7 nitrogen and oxygen atoms in total. The van der Waals surface area contributed by atoms with E-state index >= 15 is 0 Å². The Hall–Kier alpha value is -2.06. The summed E-state index contributed by atoms with van der Waals surface area (Å²) >= 11 is 6.12. The molecule has 1 atom stereocenters. The van der Waals surface area contributed by atoms with Crippen molar-refractivity contribution in [2.45, 2.75) is 13.0 Å². The van der Waals surface area contributed by atoms with E-state index in [1.54, 1.807) is 12.1 Å². The van der Waals surface area contributed by atoms with E-state index in [0.717, 1.165) is 36.9 Å². The Labute approximate surface area is 181 Å². The summed E-state index contributed by atoms with van der Waals surface area (Å²) in [6.45, 7) is 5.87. The Balaban J connectivity index is 0.00000300. The van der Waals surface area contributed by atoms with Crippen molar-refractivity contribution in [2.24, 2.45) is 0 Å². The molecule has 1 aliphatic rings. The fourth-order valence-corrected chi connectivity index (χ4v) is 3.53. The predicted octanol–water partition coefficient (Wildman–Crippen LogP) is 3.54. The van der Waals surface area contributed by atoms with Crippen LogP contribution in [0.4, 0.5) is 11.4 Å². The summed E-state index contributed by atoms with van der Waals surface area (Å²) in [5.41, 5.74) is 2.24. The van der Waals surface area contributed by atoms with Crippen molar-refractivity contribution in [3.63, 3.8) is 0 Å². The van der Waals surface area contributed by atoms with Crippen molar-refractivity contribution in [3.8, 4) is 5.75 Å². The lowest BCUT2D eigenvalue weighted by Crippen LogP contribution is -2.49. The molecule has 1 heterocycles. The number of nitrogens with zero attached hydrogens (tertiary/aromatic N) is 3. The molecule has 0 bridgehead atoms. The van der Waals surface area contributed by atoms with Gasteiger partial charge in [-0.3, -0.25) is 15.0 Å². The van der Waals surface area contributed by atoms with Gasteiger partial charge in [-0.1, -0.05) is 29.8 Å². The minimum absolute atomic E-state index is 0. The lowest BCUT2D eigenvalue weighted by atomic mass is 10.1. The number of aryl methyl sites for hydroxylation is 1. The maximum Gasteiger partial charge on any atom is 0.310 e. The van der Waals surface area contributed by atoms with Gasteiger partial charge in [0.05, 0.1) is 4.92 Å². The third-order valence-corrected chi connectivity index (χ3v) is 5.08. The Morgan fingerprint density at radius 2 is 1.90 bits per heavy atom. The zero-order valence-electron chi connectivity index (χ0n) is 16.2. The number of aliphatic hydroxyl groups is 1. The molecule has 2 aromatic rings. The first kappa shape index (κ1) is 23.2. The highest BCUT2D eigenvalue weighted by molar-refractivity contribution is 6.30. The Morgan fingerprint density at radius 3 is 2.59 bits per heavy atom. The molecule has 1 unspecified atom stereocenters. The van der Waals surface area contributed by atoms with Crippen LogP contribution in [0.1, 0.15) is 5.56 Å². The van der Waals surface area contributed by atoms with Crippen LogP contribution >= 0.6 is 24.0 Å². The summed E-state index contributed by atoms with van der Waals surface area (Å²) in [6, 6.07) is 12.1. The summed E-state index contributed by atoms with van der Waals surface area (Å²) in [5.74, 6) is 0.174. The highest BCUT2D eigenvalue weighted by Crippen LogP contribution is 2.27. The topological polar surface area (TPSA) is 79.1 Å². The number of ether oxygens (including phenoxy) is 1. The van der Waals surface area contributed by atoms with Crippen molar-refractivity contribution >= 4 is 35.4 Å². The van der Waals surface area contributed by atoms with Gasteiger partial charge in [0.2, 0.25) is 0 Å². The molecule has 2 aromatic carbocycles. The van der Waals surface area contributed by atoms with Crippen LogP contribution in [-0.4, -0.2) is 60.4 Å². The highest BCUT2D eigenvalue weighted by atomic mass is 35.5. The number of piperazine rings is 1. The monoisotopic (exact) mass is 441 g/mol. The quantitative estimate of drug-likeness (QED) is 0.522. The van der Waals surface area contributed by atoms with Gasteiger partial charge in [-0.05, 0) is 30.7 Å². The SMILES string of the molecule is Cc1ccc(Cl)cc1N1CCN(CC(O)COc2ccccc2[N+](=O)[O-])CC1.Cl. The molecule has 0 amide bonds. The first-order valence-electron chi connectivity index (χ1n) is 9.22. The zero-order chi connectivity index (χ0) is 20.1. The number of benzene rings is 2. The van der Waals surface area contributed by atoms with Crippen LogP contribution in [0.3, 0.4) is 0 Å². The number of anilines is 1. The van der Waals surface area contributed by atoms with Gasteiger partial charge < -0.3 is 14.7 Å². The Morgan fingerprint density at radius 1 is 1.21 bits per heavy atom. The van der Waals surface area contributed by atoms with Crippen LogP contribution in [-0.2, 0) is 0 Å². The molecule has 0 saturated carbocycles. The standard InChI is InChI=1S/C20H24ClN3O4.ClH/c1-15-6-7-16(21)12-19(15)23-10-8-22(9-11-23)13-17(25)14-28-20-5-3-2-4-18(20)24(26)27;/h2-7,12,17,25H,8-11,13-14H2,1H3;1H. The molecule has 0 radical (unpaired) electrons. The van der Waals surface area contributed by atoms with Gasteiger partial charge in [0.25, 0.3) is 0 Å². The minimum atomic E-state index is -0.723. The maximum atomic E-state index is 11.0. The fourth-order valence-electron chi connectivity index (χ4n) is 3.36. The molecule has 1 saturated heterocycles. The third-order valence-electron chi connectivity index (χ3n) is 4.85. The molecule has 0 spiro atoms. The van der Waals surface area contributed by atoms with E-state index in [-0.39, 0.29) is 30.5 Å². The van der Waals surface area contributed by atoms with Gasteiger partial charge in [0.1, 0.15) is 12.7 Å². The second-order valence-corrected chi connectivity index (χ2v) is 7.34. The van der Waals surface area contributed by atoms with E-state index in [2.05, 4.69) is 16.7 Å². The first-order chi connectivity index (χ1) is 13.4. The van der Waals surface area contributed by atoms with Crippen LogP contribution in [0, 0.1) is 17.0 Å². The molecule has 0 aliphatic carbocycles. The van der Waals surface area contributed by atoms with E-state index in [9.17, 15) is 15.2 Å². The van der Waals surface area contributed by atoms with E-state index in [0.29, 0.717) is 6.54 Å². The summed E-state index contributed by atoms with van der Waals surface area (Å²) in [4.78, 5) is 15.0. The minimum Gasteiger partial charge on any atom is -0.484 e. The molecule has 29 heavy (non-hydrogen) atoms. The van der Waals surface area contributed by atoms with Crippen LogP contribution < -0.4 is 9.64 Å². The number of β-amino-alcohol motifs (C(OH)–C–C–N with tert-alkyl or cyclic N) is 1. The van der Waals surface area contributed by atoms with Gasteiger partial charge in [0.15, 0.2) is 5.75 Å². The predicted molar refractivity (Wildman–Crippen MR) is 117 cm³/mol. The van der Waals surface area contributed by atoms with E-state index in [4.69, 9.17) is 16.3 Å². The van der Waals surface area contributed by atoms with Crippen molar-refractivity contribution in [1.82, 2.24) is 4.90 Å². The average molecular weight is 442 g/mol. The molecular formula is C20H25Cl2N3O4. The number of nitro groups is 1.